The lowest BCUT2D eigenvalue weighted by atomic mass is 10.1. The lowest BCUT2D eigenvalue weighted by Crippen LogP contribution is -2.13. The molecule has 0 bridgehead atoms. The molecule has 1 N–H and O–H groups in total. The highest BCUT2D eigenvalue weighted by molar-refractivity contribution is 5.34. The Bertz CT molecular complexity index is 340. The molecule has 0 aromatic heterocycles. The Balaban J connectivity index is 2.71. The molecule has 4 heteroatoms. The van der Waals surface area contributed by atoms with E-state index in [0.717, 1.165) is 12.6 Å². The van der Waals surface area contributed by atoms with Gasteiger partial charge in [0, 0.05) is 5.56 Å². The van der Waals surface area contributed by atoms with Gasteiger partial charge in [-0.1, -0.05) is 0 Å². The van der Waals surface area contributed by atoms with E-state index in [1.807, 2.05) is 19.0 Å². The minimum atomic E-state index is -0.936. The molecule has 0 aliphatic rings. The Labute approximate surface area is 88.1 Å². The second kappa shape index (κ2) is 5.07. The monoisotopic (exact) mass is 215 g/mol. The zero-order valence-electron chi connectivity index (χ0n) is 8.93. The average Bonchev–Trinajstić information content (AvgIpc) is 2.17. The second-order valence-electron chi connectivity index (χ2n) is 3.77. The predicted octanol–water partition coefficient (Wildman–Crippen LogP) is 2.16. The van der Waals surface area contributed by atoms with Crippen LogP contribution in [0.15, 0.2) is 12.1 Å². The summed E-state index contributed by atoms with van der Waals surface area (Å²) < 4.78 is 26.1. The van der Waals surface area contributed by atoms with Gasteiger partial charge < -0.3 is 10.0 Å². The first-order valence-corrected chi connectivity index (χ1v) is 4.83. The fourth-order valence-corrected chi connectivity index (χ4v) is 1.39. The minimum absolute atomic E-state index is 0.0665. The molecule has 15 heavy (non-hydrogen) atoms. The van der Waals surface area contributed by atoms with E-state index in [2.05, 4.69) is 0 Å². The quantitative estimate of drug-likeness (QED) is 0.832. The van der Waals surface area contributed by atoms with Crippen LogP contribution in [0, 0.1) is 11.6 Å². The van der Waals surface area contributed by atoms with Crippen molar-refractivity contribution >= 4 is 0 Å². The zero-order chi connectivity index (χ0) is 11.4. The summed E-state index contributed by atoms with van der Waals surface area (Å²) in [4.78, 5) is 1.95. The van der Waals surface area contributed by atoms with E-state index in [-0.39, 0.29) is 11.3 Å². The van der Waals surface area contributed by atoms with E-state index < -0.39 is 11.6 Å². The van der Waals surface area contributed by atoms with Crippen molar-refractivity contribution in [3.8, 4) is 5.75 Å². The summed E-state index contributed by atoms with van der Waals surface area (Å²) in [5.41, 5.74) is 0.0665. The van der Waals surface area contributed by atoms with E-state index in [4.69, 9.17) is 0 Å². The molecule has 84 valence electrons. The fraction of sp³-hybridized carbons (Fsp3) is 0.455. The molecule has 0 fully saturated rings. The van der Waals surface area contributed by atoms with Crippen molar-refractivity contribution in [2.24, 2.45) is 0 Å². The van der Waals surface area contributed by atoms with E-state index in [9.17, 15) is 13.9 Å². The van der Waals surface area contributed by atoms with Gasteiger partial charge in [0.2, 0.25) is 0 Å². The molecule has 1 aromatic carbocycles. The molecule has 1 rings (SSSR count). The molecule has 1 aromatic rings. The highest BCUT2D eigenvalue weighted by atomic mass is 19.2. The maximum Gasteiger partial charge on any atom is 0.165 e. The standard InChI is InChI=1S/C11H15F2NO/c1-14(2)7-3-4-8-10(15)6-5-9(12)11(8)13/h5-6,15H,3-4,7H2,1-2H3. The van der Waals surface area contributed by atoms with Crippen LogP contribution in [0.25, 0.3) is 0 Å². The molecule has 0 spiro atoms. The molecule has 0 saturated carbocycles. The fourth-order valence-electron chi connectivity index (χ4n) is 1.39. The van der Waals surface area contributed by atoms with Crippen molar-refractivity contribution < 1.29 is 13.9 Å². The maximum atomic E-state index is 13.2. The molecule has 0 aliphatic carbocycles. The maximum absolute atomic E-state index is 13.2. The Morgan fingerprint density at radius 1 is 1.27 bits per heavy atom. The average molecular weight is 215 g/mol. The number of phenols is 1. The van der Waals surface area contributed by atoms with Crippen molar-refractivity contribution in [2.45, 2.75) is 12.8 Å². The van der Waals surface area contributed by atoms with Crippen LogP contribution in [0.3, 0.4) is 0 Å². The number of hydrogen-bond acceptors (Lipinski definition) is 2. The smallest absolute Gasteiger partial charge is 0.165 e. The largest absolute Gasteiger partial charge is 0.508 e. The third kappa shape index (κ3) is 3.16. The van der Waals surface area contributed by atoms with Gasteiger partial charge >= 0.3 is 0 Å². The first-order valence-electron chi connectivity index (χ1n) is 4.83. The molecular weight excluding hydrogens is 200 g/mol. The third-order valence-corrected chi connectivity index (χ3v) is 2.20. The molecule has 2 nitrogen and oxygen atoms in total. The first-order chi connectivity index (χ1) is 7.02. The lowest BCUT2D eigenvalue weighted by Gasteiger charge is -2.10. The van der Waals surface area contributed by atoms with Gasteiger partial charge in [0.1, 0.15) is 5.75 Å². The number of rotatable bonds is 4. The molecule has 0 atom stereocenters. The van der Waals surface area contributed by atoms with E-state index >= 15 is 0 Å². The van der Waals surface area contributed by atoms with Crippen molar-refractivity contribution in [3.63, 3.8) is 0 Å². The highest BCUT2D eigenvalue weighted by Gasteiger charge is 2.12. The highest BCUT2D eigenvalue weighted by Crippen LogP contribution is 2.23. The van der Waals surface area contributed by atoms with Gasteiger partial charge in [0.05, 0.1) is 0 Å². The van der Waals surface area contributed by atoms with Crippen molar-refractivity contribution in [1.29, 1.82) is 0 Å². The summed E-state index contributed by atoms with van der Waals surface area (Å²) >= 11 is 0. The van der Waals surface area contributed by atoms with Crippen molar-refractivity contribution in [3.05, 3.63) is 29.3 Å². The lowest BCUT2D eigenvalue weighted by molar-refractivity contribution is 0.392. The van der Waals surface area contributed by atoms with Crippen molar-refractivity contribution in [2.75, 3.05) is 20.6 Å². The van der Waals surface area contributed by atoms with E-state index in [1.165, 1.54) is 6.07 Å². The summed E-state index contributed by atoms with van der Waals surface area (Å²) in [5, 5.41) is 9.36. The molecular formula is C11H15F2NO. The number of benzene rings is 1. The molecule has 0 radical (unpaired) electrons. The van der Waals surface area contributed by atoms with Gasteiger partial charge in [-0.25, -0.2) is 8.78 Å². The summed E-state index contributed by atoms with van der Waals surface area (Å²) in [7, 11) is 3.81. The molecule has 0 amide bonds. The van der Waals surface area contributed by atoms with Gasteiger partial charge in [-0.15, -0.1) is 0 Å². The summed E-state index contributed by atoms with van der Waals surface area (Å²) in [5.74, 6) is -2.02. The van der Waals surface area contributed by atoms with Gasteiger partial charge in [-0.2, -0.15) is 0 Å². The van der Waals surface area contributed by atoms with Gasteiger partial charge in [-0.05, 0) is 45.6 Å². The number of phenolic OH excluding ortho intramolecular Hbond substituents is 1. The zero-order valence-corrected chi connectivity index (χ0v) is 8.93. The van der Waals surface area contributed by atoms with E-state index in [0.29, 0.717) is 12.8 Å². The molecule has 0 unspecified atom stereocenters. The number of hydrogen-bond donors (Lipinski definition) is 1. The van der Waals surface area contributed by atoms with Crippen molar-refractivity contribution in [1.82, 2.24) is 4.90 Å². The summed E-state index contributed by atoms with van der Waals surface area (Å²) in [6, 6.07) is 2.11. The molecule has 0 aliphatic heterocycles. The Morgan fingerprint density at radius 2 is 1.93 bits per heavy atom. The van der Waals surface area contributed by atoms with Crippen LogP contribution in [0.5, 0.6) is 5.75 Å². The molecule has 0 heterocycles. The SMILES string of the molecule is CN(C)CCCc1c(O)ccc(F)c1F. The predicted molar refractivity (Wildman–Crippen MR) is 54.9 cm³/mol. The van der Waals surface area contributed by atoms with Gasteiger partial charge in [-0.3, -0.25) is 0 Å². The van der Waals surface area contributed by atoms with Gasteiger partial charge in [0.25, 0.3) is 0 Å². The first kappa shape index (κ1) is 11.9. The van der Waals surface area contributed by atoms with Crippen LogP contribution in [-0.4, -0.2) is 30.6 Å². The summed E-state index contributed by atoms with van der Waals surface area (Å²) in [6.45, 7) is 0.773. The van der Waals surface area contributed by atoms with Crippen LogP contribution in [0.4, 0.5) is 8.78 Å². The molecule has 0 saturated heterocycles. The van der Waals surface area contributed by atoms with Gasteiger partial charge in [0.15, 0.2) is 11.6 Å². The van der Waals surface area contributed by atoms with Crippen LogP contribution in [-0.2, 0) is 6.42 Å². The Hall–Kier alpha value is -1.16. The summed E-state index contributed by atoms with van der Waals surface area (Å²) in [6.07, 6.45) is 1.02. The van der Waals surface area contributed by atoms with Crippen LogP contribution in [0.1, 0.15) is 12.0 Å². The minimum Gasteiger partial charge on any atom is -0.508 e. The second-order valence-corrected chi connectivity index (χ2v) is 3.77. The number of aromatic hydroxyl groups is 1. The van der Waals surface area contributed by atoms with Crippen LogP contribution >= 0.6 is 0 Å². The van der Waals surface area contributed by atoms with Crippen LogP contribution in [0.2, 0.25) is 0 Å². The Morgan fingerprint density at radius 3 is 2.53 bits per heavy atom. The Kier molecular flexibility index (Phi) is 4.03. The normalized spacial score (nSPS) is 11.0. The topological polar surface area (TPSA) is 23.5 Å². The van der Waals surface area contributed by atoms with Crippen LogP contribution < -0.4 is 0 Å². The third-order valence-electron chi connectivity index (χ3n) is 2.20. The number of nitrogens with zero attached hydrogens (tertiary/aromatic N) is 1. The van der Waals surface area contributed by atoms with E-state index in [1.54, 1.807) is 0 Å². The number of halogens is 2.